The summed E-state index contributed by atoms with van der Waals surface area (Å²) in [5.41, 5.74) is 3.41. The highest BCUT2D eigenvalue weighted by Gasteiger charge is 2.32. The first-order valence-corrected chi connectivity index (χ1v) is 10.9. The van der Waals surface area contributed by atoms with Crippen molar-refractivity contribution in [3.05, 3.63) is 82.7 Å². The van der Waals surface area contributed by atoms with E-state index in [4.69, 9.17) is 9.47 Å². The van der Waals surface area contributed by atoms with E-state index in [9.17, 15) is 18.9 Å². The summed E-state index contributed by atoms with van der Waals surface area (Å²) in [5, 5.41) is 2.61. The molecule has 2 aliphatic rings. The lowest BCUT2D eigenvalue weighted by molar-refractivity contribution is -0.469. The lowest BCUT2D eigenvalue weighted by Gasteiger charge is -2.15. The molecule has 0 unspecified atom stereocenters. The molecule has 4 rings (SSSR count). The largest absolute Gasteiger partial charge is 0.442 e. The average molecular weight is 466 g/mol. The lowest BCUT2D eigenvalue weighted by Crippen LogP contribution is -2.33. The molecule has 8 nitrogen and oxygen atoms in total. The van der Waals surface area contributed by atoms with Crippen molar-refractivity contribution in [1.29, 1.82) is 0 Å². The molecule has 0 saturated carbocycles. The summed E-state index contributed by atoms with van der Waals surface area (Å²) >= 11 is 0. The fourth-order valence-corrected chi connectivity index (χ4v) is 3.69. The van der Waals surface area contributed by atoms with Gasteiger partial charge in [0.2, 0.25) is 18.7 Å². The van der Waals surface area contributed by atoms with Crippen LogP contribution in [0.25, 0.3) is 11.1 Å². The van der Waals surface area contributed by atoms with Crippen LogP contribution in [0.2, 0.25) is 0 Å². The molecule has 0 spiro atoms. The van der Waals surface area contributed by atoms with Gasteiger partial charge in [0.1, 0.15) is 11.9 Å². The molecule has 2 amide bonds. The average Bonchev–Trinajstić information content (AvgIpc) is 3.20. The molecular formula is C25H25FN3O5+. The van der Waals surface area contributed by atoms with Gasteiger partial charge < -0.3 is 14.8 Å². The minimum Gasteiger partial charge on any atom is -0.442 e. The standard InChI is InChI=1S/C25H24FN3O5/c1-17(30)27-13-22-14-29(25(31)34-22)21-6-7-23(24(26)12-21)20-4-2-18(3-5-20)15-33-16-19-8-10-28(32)11-9-19/h2-10,12,22H,11,13-16H2,1H3/p+1/t22-/m0/s1. The maximum Gasteiger partial charge on any atom is 0.414 e. The number of nitroso groups, excluding NO2 is 1. The molecular weight excluding hydrogens is 441 g/mol. The van der Waals surface area contributed by atoms with Gasteiger partial charge in [-0.2, -0.15) is 0 Å². The van der Waals surface area contributed by atoms with E-state index in [2.05, 4.69) is 5.32 Å². The molecule has 1 N–H and O–H groups in total. The summed E-state index contributed by atoms with van der Waals surface area (Å²) < 4.78 is 26.7. The molecule has 0 bridgehead atoms. The van der Waals surface area contributed by atoms with E-state index in [1.807, 2.05) is 30.3 Å². The van der Waals surface area contributed by atoms with Crippen LogP contribution < -0.4 is 10.2 Å². The fourth-order valence-electron chi connectivity index (χ4n) is 3.69. The SMILES string of the molecule is CC(=O)NC[C@H]1CN(c2ccc(-c3ccc(COCC4=CC[N+](=O)C=C4)cc3)c(F)c2)C(=O)O1. The van der Waals surface area contributed by atoms with Crippen molar-refractivity contribution in [2.75, 3.05) is 31.1 Å². The van der Waals surface area contributed by atoms with Crippen molar-refractivity contribution in [2.45, 2.75) is 19.6 Å². The molecule has 2 aromatic rings. The van der Waals surface area contributed by atoms with Gasteiger partial charge in [-0.05, 0) is 41.0 Å². The number of hydrogen-bond donors (Lipinski definition) is 1. The van der Waals surface area contributed by atoms with Crippen LogP contribution in [0.3, 0.4) is 0 Å². The zero-order valence-corrected chi connectivity index (χ0v) is 18.7. The maximum absolute atomic E-state index is 14.9. The number of carbonyl (C=O) groups excluding carboxylic acids is 2. The van der Waals surface area contributed by atoms with Gasteiger partial charge in [0.15, 0.2) is 0 Å². The fraction of sp³-hybridized carbons (Fsp3) is 0.280. The van der Waals surface area contributed by atoms with E-state index in [0.717, 1.165) is 15.9 Å². The number of nitrogens with one attached hydrogen (secondary N) is 1. The number of rotatable bonds is 8. The van der Waals surface area contributed by atoms with E-state index in [1.54, 1.807) is 18.2 Å². The molecule has 0 aliphatic carbocycles. The van der Waals surface area contributed by atoms with E-state index in [1.165, 1.54) is 24.1 Å². The number of amides is 2. The van der Waals surface area contributed by atoms with Crippen LogP contribution in [0.1, 0.15) is 12.5 Å². The van der Waals surface area contributed by atoms with Gasteiger partial charge in [-0.1, -0.05) is 24.3 Å². The number of benzene rings is 2. The Labute approximate surface area is 196 Å². The monoisotopic (exact) mass is 466 g/mol. The molecule has 2 aliphatic heterocycles. The van der Waals surface area contributed by atoms with Crippen molar-refractivity contribution >= 4 is 17.7 Å². The van der Waals surface area contributed by atoms with E-state index >= 15 is 0 Å². The summed E-state index contributed by atoms with van der Waals surface area (Å²) in [4.78, 5) is 35.7. The number of carbonyl (C=O) groups is 2. The number of cyclic esters (lactones) is 1. The van der Waals surface area contributed by atoms with Crippen molar-refractivity contribution in [2.24, 2.45) is 0 Å². The Morgan fingerprint density at radius 1 is 1.24 bits per heavy atom. The number of hydrogen-bond acceptors (Lipinski definition) is 5. The van der Waals surface area contributed by atoms with E-state index in [-0.39, 0.29) is 19.0 Å². The van der Waals surface area contributed by atoms with Crippen molar-refractivity contribution < 1.29 is 28.2 Å². The summed E-state index contributed by atoms with van der Waals surface area (Å²) in [7, 11) is 0. The second-order valence-corrected chi connectivity index (χ2v) is 8.10. The molecule has 1 fully saturated rings. The highest BCUT2D eigenvalue weighted by atomic mass is 19.1. The molecule has 1 atom stereocenters. The third-order valence-corrected chi connectivity index (χ3v) is 5.51. The Hall–Kier alpha value is -3.85. The second-order valence-electron chi connectivity index (χ2n) is 8.10. The van der Waals surface area contributed by atoms with Crippen molar-refractivity contribution in [3.63, 3.8) is 0 Å². The molecule has 9 heteroatoms. The van der Waals surface area contributed by atoms with Crippen molar-refractivity contribution in [3.8, 4) is 11.1 Å². The zero-order valence-electron chi connectivity index (χ0n) is 18.7. The Kier molecular flexibility index (Phi) is 7.12. The first-order valence-electron chi connectivity index (χ1n) is 10.9. The summed E-state index contributed by atoms with van der Waals surface area (Å²) in [6, 6.07) is 12.0. The van der Waals surface area contributed by atoms with Gasteiger partial charge in [-0.25, -0.2) is 9.18 Å². The summed E-state index contributed by atoms with van der Waals surface area (Å²) in [6.45, 7) is 2.95. The van der Waals surface area contributed by atoms with Crippen LogP contribution in [0.5, 0.6) is 0 Å². The highest BCUT2D eigenvalue weighted by molar-refractivity contribution is 5.90. The predicted octanol–water partition coefficient (Wildman–Crippen LogP) is 3.70. The molecule has 0 radical (unpaired) electrons. The van der Waals surface area contributed by atoms with Crippen LogP contribution in [-0.2, 0) is 20.9 Å². The lowest BCUT2D eigenvalue weighted by atomic mass is 10.0. The van der Waals surface area contributed by atoms with Crippen molar-refractivity contribution in [1.82, 2.24) is 5.32 Å². The molecule has 2 aromatic carbocycles. The Morgan fingerprint density at radius 2 is 2.03 bits per heavy atom. The molecule has 1 saturated heterocycles. The van der Waals surface area contributed by atoms with Gasteiger partial charge in [-0.3, -0.25) is 9.69 Å². The Bertz CT molecular complexity index is 1160. The summed E-state index contributed by atoms with van der Waals surface area (Å²) in [5.74, 6) is -0.666. The third kappa shape index (κ3) is 5.74. The molecule has 2 heterocycles. The van der Waals surface area contributed by atoms with Gasteiger partial charge in [0, 0.05) is 28.2 Å². The first-order chi connectivity index (χ1) is 16.4. The third-order valence-electron chi connectivity index (χ3n) is 5.51. The zero-order chi connectivity index (χ0) is 24.1. The minimum atomic E-state index is -0.573. The Morgan fingerprint density at radius 3 is 2.71 bits per heavy atom. The normalized spacial score (nSPS) is 17.5. The molecule has 0 aromatic heterocycles. The van der Waals surface area contributed by atoms with Gasteiger partial charge in [0.05, 0.1) is 32.0 Å². The van der Waals surface area contributed by atoms with Crippen LogP contribution in [0.15, 0.2) is 66.4 Å². The van der Waals surface area contributed by atoms with Crippen LogP contribution >= 0.6 is 0 Å². The van der Waals surface area contributed by atoms with E-state index in [0.29, 0.717) is 36.6 Å². The topological polar surface area (TPSA) is 88.0 Å². The van der Waals surface area contributed by atoms with Gasteiger partial charge in [-0.15, -0.1) is 0 Å². The van der Waals surface area contributed by atoms with Crippen LogP contribution in [-0.4, -0.2) is 49.1 Å². The van der Waals surface area contributed by atoms with Crippen LogP contribution in [0.4, 0.5) is 14.9 Å². The smallest absolute Gasteiger partial charge is 0.414 e. The quantitative estimate of drug-likeness (QED) is 0.600. The first kappa shape index (κ1) is 23.3. The van der Waals surface area contributed by atoms with Gasteiger partial charge in [0.25, 0.3) is 0 Å². The molecule has 34 heavy (non-hydrogen) atoms. The maximum atomic E-state index is 14.9. The predicted molar refractivity (Wildman–Crippen MR) is 124 cm³/mol. The number of ether oxygens (including phenoxy) is 2. The number of halogens is 1. The number of nitrogens with zero attached hydrogens (tertiary/aromatic N) is 2. The summed E-state index contributed by atoms with van der Waals surface area (Å²) in [6.07, 6.45) is 3.98. The highest BCUT2D eigenvalue weighted by Crippen LogP contribution is 2.29. The molecule has 176 valence electrons. The van der Waals surface area contributed by atoms with Crippen LogP contribution in [0, 0.1) is 10.7 Å². The van der Waals surface area contributed by atoms with E-state index < -0.39 is 18.0 Å². The van der Waals surface area contributed by atoms with Gasteiger partial charge >= 0.3 is 6.09 Å². The number of anilines is 1. The second kappa shape index (κ2) is 10.4. The Balaban J connectivity index is 1.35. The minimum absolute atomic E-state index is 0.210.